The predicted octanol–water partition coefficient (Wildman–Crippen LogP) is 3.61. The summed E-state index contributed by atoms with van der Waals surface area (Å²) in [4.78, 5) is 12.6. The third-order valence-corrected chi connectivity index (χ3v) is 3.03. The first kappa shape index (κ1) is 13.8. The first-order valence-corrected chi connectivity index (χ1v) is 6.52. The van der Waals surface area contributed by atoms with Crippen LogP contribution in [0, 0.1) is 10.7 Å². The molecule has 0 aromatic heterocycles. The number of thioether (sulfide) groups is 1. The van der Waals surface area contributed by atoms with Gasteiger partial charge in [-0.15, -0.1) is 0 Å². The van der Waals surface area contributed by atoms with Gasteiger partial charge in [-0.2, -0.15) is 5.26 Å². The second-order valence-electron chi connectivity index (χ2n) is 3.81. The van der Waals surface area contributed by atoms with E-state index in [1.807, 2.05) is 5.40 Å². The van der Waals surface area contributed by atoms with E-state index in [0.717, 1.165) is 16.7 Å². The van der Waals surface area contributed by atoms with Crippen LogP contribution in [-0.2, 0) is 0 Å². The van der Waals surface area contributed by atoms with Crippen molar-refractivity contribution in [2.45, 2.75) is 4.90 Å². The number of phenols is 1. The number of nitriles is 1. The van der Waals surface area contributed by atoms with Gasteiger partial charge in [0, 0.05) is 10.6 Å². The lowest BCUT2D eigenvalue weighted by atomic mass is 10.3. The Kier molecular flexibility index (Phi) is 4.47. The number of phenolic OH excluding ortho intramolecular Hbond substituents is 1. The second-order valence-corrected chi connectivity index (χ2v) is 4.67. The number of aromatic hydroxyl groups is 1. The van der Waals surface area contributed by atoms with Gasteiger partial charge in [-0.05, 0) is 48.2 Å². The van der Waals surface area contributed by atoms with Crippen LogP contribution in [0.4, 0.5) is 16.2 Å². The SMILES string of the molecule is N#CSc1ccc(NC(=O)Nc2ccccc2O)cc1. The molecule has 2 amide bonds. The van der Waals surface area contributed by atoms with Crippen LogP contribution in [0.15, 0.2) is 53.4 Å². The highest BCUT2D eigenvalue weighted by atomic mass is 32.2. The fourth-order valence-electron chi connectivity index (χ4n) is 1.52. The highest BCUT2D eigenvalue weighted by Gasteiger charge is 2.05. The number of carbonyl (C=O) groups is 1. The highest BCUT2D eigenvalue weighted by Crippen LogP contribution is 2.22. The summed E-state index contributed by atoms with van der Waals surface area (Å²) in [5.41, 5.74) is 0.932. The number of thiocyanates is 1. The Labute approximate surface area is 120 Å². The number of para-hydroxylation sites is 2. The number of carbonyl (C=O) groups excluding carboxylic acids is 1. The van der Waals surface area contributed by atoms with Crippen LogP contribution in [0.1, 0.15) is 0 Å². The molecule has 2 rings (SSSR count). The van der Waals surface area contributed by atoms with Gasteiger partial charge in [0.2, 0.25) is 0 Å². The molecule has 2 aromatic rings. The number of anilines is 2. The standard InChI is InChI=1S/C14H11N3O2S/c15-9-20-11-7-5-10(6-8-11)16-14(19)17-12-3-1-2-4-13(12)18/h1-8,18H,(H2,16,17,19). The van der Waals surface area contributed by atoms with Crippen LogP contribution in [0.25, 0.3) is 0 Å². The molecule has 20 heavy (non-hydrogen) atoms. The Hall–Kier alpha value is -2.65. The minimum atomic E-state index is -0.452. The average molecular weight is 285 g/mol. The third-order valence-electron chi connectivity index (χ3n) is 2.43. The lowest BCUT2D eigenvalue weighted by Gasteiger charge is -2.09. The second kappa shape index (κ2) is 6.50. The quantitative estimate of drug-likeness (QED) is 0.457. The molecule has 6 heteroatoms. The van der Waals surface area contributed by atoms with E-state index in [4.69, 9.17) is 5.26 Å². The lowest BCUT2D eigenvalue weighted by Crippen LogP contribution is -2.19. The smallest absolute Gasteiger partial charge is 0.323 e. The molecule has 0 spiro atoms. The van der Waals surface area contributed by atoms with Crippen molar-refractivity contribution in [3.05, 3.63) is 48.5 Å². The van der Waals surface area contributed by atoms with Crippen molar-refractivity contribution in [3.8, 4) is 11.2 Å². The molecule has 5 nitrogen and oxygen atoms in total. The van der Waals surface area contributed by atoms with Gasteiger partial charge in [0.05, 0.1) is 5.69 Å². The first-order valence-electron chi connectivity index (χ1n) is 5.71. The van der Waals surface area contributed by atoms with Crippen LogP contribution in [0.3, 0.4) is 0 Å². The van der Waals surface area contributed by atoms with Crippen LogP contribution in [0.2, 0.25) is 0 Å². The van der Waals surface area contributed by atoms with Crippen LogP contribution in [0.5, 0.6) is 5.75 Å². The number of hydrogen-bond donors (Lipinski definition) is 3. The molecule has 3 N–H and O–H groups in total. The summed E-state index contributed by atoms with van der Waals surface area (Å²) in [7, 11) is 0. The molecular formula is C14H11N3O2S. The van der Waals surface area contributed by atoms with Crippen molar-refractivity contribution in [3.63, 3.8) is 0 Å². The average Bonchev–Trinajstić information content (AvgIpc) is 2.44. The molecule has 0 bridgehead atoms. The van der Waals surface area contributed by atoms with Crippen molar-refractivity contribution >= 4 is 29.2 Å². The molecule has 100 valence electrons. The zero-order chi connectivity index (χ0) is 14.4. The minimum Gasteiger partial charge on any atom is -0.506 e. The summed E-state index contributed by atoms with van der Waals surface area (Å²) in [6, 6.07) is 12.9. The zero-order valence-corrected chi connectivity index (χ0v) is 11.1. The molecule has 0 unspecified atom stereocenters. The number of urea groups is 1. The van der Waals surface area contributed by atoms with Gasteiger partial charge < -0.3 is 15.7 Å². The maximum absolute atomic E-state index is 11.8. The Morgan fingerprint density at radius 3 is 2.45 bits per heavy atom. The number of nitrogens with one attached hydrogen (secondary N) is 2. The molecule has 0 heterocycles. The summed E-state index contributed by atoms with van der Waals surface area (Å²) in [5, 5.41) is 25.2. The van der Waals surface area contributed by atoms with E-state index in [1.165, 1.54) is 6.07 Å². The van der Waals surface area contributed by atoms with Crippen LogP contribution < -0.4 is 10.6 Å². The molecule has 2 aromatic carbocycles. The molecule has 0 radical (unpaired) electrons. The van der Waals surface area contributed by atoms with Gasteiger partial charge in [0.25, 0.3) is 0 Å². The number of benzene rings is 2. The molecule has 0 aliphatic carbocycles. The van der Waals surface area contributed by atoms with Crippen molar-refractivity contribution < 1.29 is 9.90 Å². The van der Waals surface area contributed by atoms with Gasteiger partial charge in [0.1, 0.15) is 11.2 Å². The largest absolute Gasteiger partial charge is 0.506 e. The minimum absolute atomic E-state index is 0.00316. The maximum Gasteiger partial charge on any atom is 0.323 e. The Bertz CT molecular complexity index is 650. The number of nitrogens with zero attached hydrogens (tertiary/aromatic N) is 1. The maximum atomic E-state index is 11.8. The lowest BCUT2D eigenvalue weighted by molar-refractivity contribution is 0.262. The van der Waals surface area contributed by atoms with E-state index in [2.05, 4.69) is 10.6 Å². The zero-order valence-electron chi connectivity index (χ0n) is 10.3. The molecule has 0 aliphatic rings. The molecular weight excluding hydrogens is 274 g/mol. The molecule has 0 aliphatic heterocycles. The van der Waals surface area contributed by atoms with Crippen LogP contribution in [-0.4, -0.2) is 11.1 Å². The predicted molar refractivity (Wildman–Crippen MR) is 78.7 cm³/mol. The highest BCUT2D eigenvalue weighted by molar-refractivity contribution is 8.03. The summed E-state index contributed by atoms with van der Waals surface area (Å²) < 4.78 is 0. The van der Waals surface area contributed by atoms with Crippen molar-refractivity contribution in [2.24, 2.45) is 0 Å². The summed E-state index contributed by atoms with van der Waals surface area (Å²) in [6.07, 6.45) is 0. The molecule has 0 saturated carbocycles. The van der Waals surface area contributed by atoms with E-state index in [9.17, 15) is 9.90 Å². The monoisotopic (exact) mass is 285 g/mol. The number of rotatable bonds is 3. The van der Waals surface area contributed by atoms with Crippen molar-refractivity contribution in [2.75, 3.05) is 10.6 Å². The third kappa shape index (κ3) is 3.67. The summed E-state index contributed by atoms with van der Waals surface area (Å²) in [5.74, 6) is 0.00316. The van der Waals surface area contributed by atoms with E-state index in [0.29, 0.717) is 11.4 Å². The van der Waals surface area contributed by atoms with Crippen LogP contribution >= 0.6 is 11.8 Å². The molecule has 0 atom stereocenters. The number of amides is 2. The summed E-state index contributed by atoms with van der Waals surface area (Å²) in [6.45, 7) is 0. The van der Waals surface area contributed by atoms with E-state index < -0.39 is 6.03 Å². The normalized spacial score (nSPS) is 9.55. The Morgan fingerprint density at radius 2 is 1.80 bits per heavy atom. The van der Waals surface area contributed by atoms with Gasteiger partial charge in [-0.3, -0.25) is 0 Å². The van der Waals surface area contributed by atoms with Crippen molar-refractivity contribution in [1.29, 1.82) is 5.26 Å². The van der Waals surface area contributed by atoms with E-state index in [-0.39, 0.29) is 5.75 Å². The Balaban J connectivity index is 1.98. The van der Waals surface area contributed by atoms with Gasteiger partial charge in [-0.1, -0.05) is 12.1 Å². The van der Waals surface area contributed by atoms with E-state index >= 15 is 0 Å². The fourth-order valence-corrected chi connectivity index (χ4v) is 1.90. The topological polar surface area (TPSA) is 85.2 Å². The van der Waals surface area contributed by atoms with Gasteiger partial charge >= 0.3 is 6.03 Å². The molecule has 0 saturated heterocycles. The van der Waals surface area contributed by atoms with Crippen molar-refractivity contribution in [1.82, 2.24) is 0 Å². The van der Waals surface area contributed by atoms with E-state index in [1.54, 1.807) is 42.5 Å². The van der Waals surface area contributed by atoms with Gasteiger partial charge in [-0.25, -0.2) is 4.79 Å². The summed E-state index contributed by atoms with van der Waals surface area (Å²) >= 11 is 1.05. The van der Waals surface area contributed by atoms with Gasteiger partial charge in [0.15, 0.2) is 0 Å². The fraction of sp³-hybridized carbons (Fsp3) is 0. The Morgan fingerprint density at radius 1 is 1.10 bits per heavy atom. The molecule has 0 fully saturated rings. The number of hydrogen-bond acceptors (Lipinski definition) is 4. The first-order chi connectivity index (χ1) is 9.69.